The van der Waals surface area contributed by atoms with E-state index in [4.69, 9.17) is 109 Å². The van der Waals surface area contributed by atoms with E-state index in [9.17, 15) is 163 Å². The van der Waals surface area contributed by atoms with Crippen molar-refractivity contribution in [2.75, 3.05) is 74.2 Å². The van der Waals surface area contributed by atoms with Gasteiger partial charge in [-0.15, -0.1) is 0 Å². The molecule has 142 heavy (non-hydrogen) atoms. The van der Waals surface area contributed by atoms with Crippen LogP contribution in [0.2, 0.25) is 0 Å². The maximum absolute atomic E-state index is 10.7. The number of rotatable bonds is 31. The predicted octanol–water partition coefficient (Wildman–Crippen LogP) is -16.4. The van der Waals surface area contributed by atoms with Crippen molar-refractivity contribution in [2.45, 2.75) is 451 Å². The van der Waals surface area contributed by atoms with Gasteiger partial charge in [0.1, 0.15) is 256 Å². The summed E-state index contributed by atoms with van der Waals surface area (Å²) in [5, 5.41) is 324. The summed E-state index contributed by atoms with van der Waals surface area (Å²) in [6.07, 6.45) is -75.2. The normalized spacial score (nSPS) is 50.4. The highest BCUT2D eigenvalue weighted by Crippen LogP contribution is 2.41. The largest absolute Gasteiger partial charge is 0.394 e. The number of aliphatic hydroxyl groups excluding tert-OH is 32. The number of hydrogen-bond acceptors (Lipinski definition) is 55. The molecule has 0 saturated carbocycles. The molecule has 0 aromatic rings. The third kappa shape index (κ3) is 28.7. The second kappa shape index (κ2) is 55.1. The van der Waals surface area contributed by atoms with Crippen molar-refractivity contribution in [3.8, 4) is 0 Å². The first kappa shape index (κ1) is 123. The first-order valence-corrected chi connectivity index (χ1v) is 47.7. The molecule has 0 amide bonds. The lowest BCUT2D eigenvalue weighted by Crippen LogP contribution is -2.64. The molecule has 33 unspecified atom stereocenters. The standard InChI is InChI=1S/2C22H40O14.C22H40O13.C21H38O14/c2*1-7(2)18-17(30)20(31-4)19(8(3)33-18)36-22-16(29)14(27)12(25)10(35-22)6-32-21-15(28)13(26)11(24)9(5-23)34-21;1-8(2)10-5-11(30-4)20(9(3)32-10)35-22-19(29)17(27)15(25)13(34-22)7-31-21-18(28)16(26)14(24)12(6-23)33-21;1-6(2)18-14(27)15(28)19(7(3)32-18)35-21-17(30)13(26)11(24)9(34-21)5-31-20-16(29)12(25)10(23)8(4-22)33-20/h2*7-30H,5-6H2,1-4H3;8-29H,5-7H2,1-4H3;6-30H,4-5H2,1-3H3/t8-,9+,10+,11+,12+,13-,14-,15+,16+,17-,18+,19+,20+,21?,22?;;;7-,8+,9+,10+,11+,12-,13-,14+,15+,16+,17+,18+,19+,20?,21?/m0..0/s1. The van der Waals surface area contributed by atoms with E-state index in [1.807, 2.05) is 62.3 Å². The molecule has 55 heteroatoms. The van der Waals surface area contributed by atoms with Gasteiger partial charge in [-0.25, -0.2) is 0 Å². The molecule has 0 aliphatic carbocycles. The van der Waals surface area contributed by atoms with Crippen LogP contribution in [0.3, 0.4) is 0 Å². The molecule has 0 aromatic carbocycles. The maximum Gasteiger partial charge on any atom is 0.187 e. The average Bonchev–Trinajstić information content (AvgIpc) is 0.800. The molecule has 0 radical (unpaired) electrons. The van der Waals surface area contributed by atoms with E-state index in [1.165, 1.54) is 14.2 Å². The predicted molar refractivity (Wildman–Crippen MR) is 463 cm³/mol. The Morgan fingerprint density at radius 2 is 0.415 bits per heavy atom. The quantitative estimate of drug-likeness (QED) is 0.0306. The Morgan fingerprint density at radius 1 is 0.204 bits per heavy atom. The molecular weight excluding hydrogens is 1920 g/mol. The van der Waals surface area contributed by atoms with Crippen LogP contribution in [0, 0.1) is 23.7 Å². The third-order valence-electron chi connectivity index (χ3n) is 27.7. The highest BCUT2D eigenvalue weighted by Gasteiger charge is 2.59. The molecule has 12 aliphatic heterocycles. The van der Waals surface area contributed by atoms with Crippen LogP contribution in [0.25, 0.3) is 0 Å². The molecule has 0 aromatic heterocycles. The number of methoxy groups -OCH3 is 3. The van der Waals surface area contributed by atoms with Crippen molar-refractivity contribution in [2.24, 2.45) is 23.7 Å². The molecule has 12 rings (SSSR count). The van der Waals surface area contributed by atoms with Crippen LogP contribution in [0.15, 0.2) is 0 Å². The summed E-state index contributed by atoms with van der Waals surface area (Å²) < 4.78 is 129. The fourth-order valence-corrected chi connectivity index (χ4v) is 18.7. The van der Waals surface area contributed by atoms with E-state index in [2.05, 4.69) is 0 Å². The summed E-state index contributed by atoms with van der Waals surface area (Å²) in [6.45, 7) is 17.6. The van der Waals surface area contributed by atoms with Gasteiger partial charge >= 0.3 is 0 Å². The minimum Gasteiger partial charge on any atom is -0.394 e. The lowest BCUT2D eigenvalue weighted by Gasteiger charge is -2.47. The van der Waals surface area contributed by atoms with Gasteiger partial charge in [0.25, 0.3) is 0 Å². The van der Waals surface area contributed by atoms with Crippen molar-refractivity contribution < 1.29 is 272 Å². The van der Waals surface area contributed by atoms with Crippen LogP contribution >= 0.6 is 0 Å². The van der Waals surface area contributed by atoms with Gasteiger partial charge in [-0.05, 0) is 51.4 Å². The Balaban J connectivity index is 0.000000211. The van der Waals surface area contributed by atoms with Crippen LogP contribution in [0.4, 0.5) is 0 Å². The molecule has 59 atom stereocenters. The first-order chi connectivity index (χ1) is 66.7. The van der Waals surface area contributed by atoms with E-state index in [-0.39, 0.29) is 35.9 Å². The van der Waals surface area contributed by atoms with Crippen LogP contribution in [0.5, 0.6) is 0 Å². The Kier molecular flexibility index (Phi) is 47.8. The number of aliphatic hydroxyl groups is 32. The van der Waals surface area contributed by atoms with E-state index in [0.29, 0.717) is 6.42 Å². The van der Waals surface area contributed by atoms with Gasteiger partial charge in [0.2, 0.25) is 0 Å². The topological polar surface area (TPSA) is 860 Å². The van der Waals surface area contributed by atoms with Gasteiger partial charge in [-0.1, -0.05) is 55.4 Å². The molecule has 12 saturated heterocycles. The van der Waals surface area contributed by atoms with Crippen LogP contribution in [0.1, 0.15) is 89.5 Å². The summed E-state index contributed by atoms with van der Waals surface area (Å²) in [6, 6.07) is 0. The van der Waals surface area contributed by atoms with E-state index in [0.717, 1.165) is 0 Å². The van der Waals surface area contributed by atoms with Crippen molar-refractivity contribution in [1.29, 1.82) is 0 Å². The minimum absolute atomic E-state index is 0.0153. The highest BCUT2D eigenvalue weighted by molar-refractivity contribution is 5.03. The SMILES string of the molecule is CC(C)[C@H]1O[C@@H](C)[C@@H](OC2O[C@H](COC3O[C@H](CO)[C@@H](O)[C@H](O)[C@H]3O)[C@@H](O)[C@H](O)[C@H]2O)[C@H](O)[C@H]1O.COC1C(O)C(C(C)C)OC(C)C1OC1OC(COC2OC(CO)C(O)C(O)C2O)C(O)C(O)C1O.COC1CC(C(C)C)OC(C)C1OC1OC(COC2OC(CO)C(O)C(O)C2O)C(O)C(O)C1O.CO[C@@H]1[C@@H](O)[C@@H](C(C)C)O[C@@H](C)[C@H]1OC1O[C@H](COC2O[C@H](CO)[C@@H](O)[C@H](O)[C@H]2O)[C@@H](O)[C@H](O)[C@H]1O. The molecule has 0 spiro atoms. The third-order valence-corrected chi connectivity index (χ3v) is 27.7. The fourth-order valence-electron chi connectivity index (χ4n) is 18.7. The zero-order chi connectivity index (χ0) is 106. The van der Waals surface area contributed by atoms with Gasteiger partial charge < -0.3 is 272 Å². The molecule has 32 N–H and O–H groups in total. The Hall–Kier alpha value is -2.20. The Labute approximate surface area is 818 Å². The number of hydrogen-bond donors (Lipinski definition) is 32. The lowest BCUT2D eigenvalue weighted by atomic mass is 9.89. The lowest BCUT2D eigenvalue weighted by molar-refractivity contribution is -0.353. The molecule has 0 bridgehead atoms. The van der Waals surface area contributed by atoms with E-state index in [1.54, 1.807) is 27.9 Å². The average molecular weight is 2080 g/mol. The van der Waals surface area contributed by atoms with Gasteiger partial charge in [0.15, 0.2) is 50.3 Å². The first-order valence-electron chi connectivity index (χ1n) is 47.7. The summed E-state index contributed by atoms with van der Waals surface area (Å²) in [5.41, 5.74) is 0. The van der Waals surface area contributed by atoms with Crippen molar-refractivity contribution >= 4 is 0 Å². The number of ether oxygens (including phenoxy) is 23. The molecular formula is C87H158O55. The van der Waals surface area contributed by atoms with Crippen molar-refractivity contribution in [3.05, 3.63) is 0 Å². The second-order valence-electron chi connectivity index (χ2n) is 39.2. The smallest absolute Gasteiger partial charge is 0.187 e. The van der Waals surface area contributed by atoms with Crippen molar-refractivity contribution in [3.63, 3.8) is 0 Å². The Morgan fingerprint density at radius 3 is 0.648 bits per heavy atom. The van der Waals surface area contributed by atoms with Gasteiger partial charge in [-0.2, -0.15) is 0 Å². The molecule has 12 heterocycles. The van der Waals surface area contributed by atoms with Gasteiger partial charge in [-0.3, -0.25) is 0 Å². The summed E-state index contributed by atoms with van der Waals surface area (Å²) in [4.78, 5) is 0. The monoisotopic (exact) mass is 2080 g/mol. The maximum atomic E-state index is 10.7. The van der Waals surface area contributed by atoms with Gasteiger partial charge in [0.05, 0.1) is 108 Å². The van der Waals surface area contributed by atoms with Crippen molar-refractivity contribution in [1.82, 2.24) is 0 Å². The minimum atomic E-state index is -1.75. The molecule has 12 fully saturated rings. The molecule has 12 aliphatic rings. The van der Waals surface area contributed by atoms with E-state index >= 15 is 0 Å². The van der Waals surface area contributed by atoms with Gasteiger partial charge in [0, 0.05) is 27.8 Å². The molecule has 55 nitrogen and oxygen atoms in total. The highest BCUT2D eigenvalue weighted by atomic mass is 16.8. The van der Waals surface area contributed by atoms with Crippen LogP contribution in [-0.2, 0) is 109 Å². The zero-order valence-electron chi connectivity index (χ0n) is 81.4. The molecule has 836 valence electrons. The second-order valence-corrected chi connectivity index (χ2v) is 39.2. The summed E-state index contributed by atoms with van der Waals surface area (Å²) >= 11 is 0. The summed E-state index contributed by atoms with van der Waals surface area (Å²) in [7, 11) is 4.34. The Bertz CT molecular complexity index is 3370. The van der Waals surface area contributed by atoms with E-state index < -0.39 is 402 Å². The zero-order valence-corrected chi connectivity index (χ0v) is 81.4. The van der Waals surface area contributed by atoms with Crippen LogP contribution < -0.4 is 0 Å². The fraction of sp³-hybridized carbons (Fsp3) is 1.00. The summed E-state index contributed by atoms with van der Waals surface area (Å²) in [5.74, 6) is 0.131. The van der Waals surface area contributed by atoms with Crippen LogP contribution in [-0.4, -0.2) is 599 Å².